The van der Waals surface area contributed by atoms with Gasteiger partial charge in [-0.15, -0.1) is 0 Å². The Labute approximate surface area is 119 Å². The van der Waals surface area contributed by atoms with Gasteiger partial charge in [-0.05, 0) is 30.8 Å². The predicted octanol–water partition coefficient (Wildman–Crippen LogP) is 0.644. The van der Waals surface area contributed by atoms with Crippen molar-refractivity contribution < 1.29 is 8.42 Å². The molecule has 1 aromatic rings. The fourth-order valence-electron chi connectivity index (χ4n) is 2.73. The molecule has 0 radical (unpaired) electrons. The number of rotatable bonds is 2. The maximum atomic E-state index is 12.1. The summed E-state index contributed by atoms with van der Waals surface area (Å²) in [5.41, 5.74) is 8.02. The van der Waals surface area contributed by atoms with E-state index in [2.05, 4.69) is 16.8 Å². The van der Waals surface area contributed by atoms with Crippen LogP contribution < -0.4 is 5.73 Å². The zero-order chi connectivity index (χ0) is 14.3. The monoisotopic (exact) mass is 293 g/mol. The van der Waals surface area contributed by atoms with Crippen molar-refractivity contribution in [3.05, 3.63) is 29.2 Å². The van der Waals surface area contributed by atoms with E-state index in [1.165, 1.54) is 5.41 Å². The lowest BCUT2D eigenvalue weighted by atomic mass is 10.1. The zero-order valence-electron chi connectivity index (χ0n) is 11.5. The minimum atomic E-state index is -3.29. The van der Waals surface area contributed by atoms with Crippen LogP contribution in [0.25, 0.3) is 5.57 Å². The Morgan fingerprint density at radius 3 is 2.60 bits per heavy atom. The highest BCUT2D eigenvalue weighted by Crippen LogP contribution is 2.35. The van der Waals surface area contributed by atoms with Crippen molar-refractivity contribution in [2.75, 3.05) is 45.5 Å². The molecule has 6 heteroatoms. The first-order chi connectivity index (χ1) is 9.45. The third kappa shape index (κ3) is 2.46. The second-order valence-electron chi connectivity index (χ2n) is 5.52. The van der Waals surface area contributed by atoms with Crippen LogP contribution in [0.1, 0.15) is 5.56 Å². The average Bonchev–Trinajstić information content (AvgIpc) is 2.63. The van der Waals surface area contributed by atoms with Crippen molar-refractivity contribution in [2.45, 2.75) is 4.90 Å². The van der Waals surface area contributed by atoms with E-state index in [9.17, 15) is 8.42 Å². The summed E-state index contributed by atoms with van der Waals surface area (Å²) in [7, 11) is -1.18. The molecule has 2 aliphatic heterocycles. The van der Waals surface area contributed by atoms with E-state index in [1.54, 1.807) is 18.2 Å². The molecule has 0 amide bonds. The highest BCUT2D eigenvalue weighted by molar-refractivity contribution is 7.95. The fraction of sp³-hybridized carbons (Fsp3) is 0.429. The summed E-state index contributed by atoms with van der Waals surface area (Å²) in [6.45, 7) is 4.63. The molecule has 0 spiro atoms. The highest BCUT2D eigenvalue weighted by Gasteiger charge is 2.28. The van der Waals surface area contributed by atoms with Gasteiger partial charge in [0, 0.05) is 49.4 Å². The number of piperazine rings is 1. The smallest absolute Gasteiger partial charge is 0.200 e. The number of hydrogen-bond acceptors (Lipinski definition) is 5. The van der Waals surface area contributed by atoms with E-state index in [-0.39, 0.29) is 0 Å². The van der Waals surface area contributed by atoms with Gasteiger partial charge in [0.15, 0.2) is 0 Å². The van der Waals surface area contributed by atoms with Crippen LogP contribution >= 0.6 is 0 Å². The van der Waals surface area contributed by atoms with Crippen LogP contribution in [0.2, 0.25) is 0 Å². The van der Waals surface area contributed by atoms with E-state index in [0.717, 1.165) is 37.3 Å². The van der Waals surface area contributed by atoms with Gasteiger partial charge in [0.2, 0.25) is 9.84 Å². The molecule has 0 aliphatic carbocycles. The Morgan fingerprint density at radius 1 is 1.20 bits per heavy atom. The SMILES string of the molecule is CN1CCN(CC2=CS(=O)(=O)c3ccc(N)cc32)CC1. The summed E-state index contributed by atoms with van der Waals surface area (Å²) in [6, 6.07) is 5.01. The van der Waals surface area contributed by atoms with Crippen LogP contribution in [0.4, 0.5) is 5.69 Å². The van der Waals surface area contributed by atoms with Crippen LogP contribution in [0.15, 0.2) is 28.5 Å². The number of benzene rings is 1. The number of hydrogen-bond donors (Lipinski definition) is 1. The molecule has 2 N–H and O–H groups in total. The molecule has 20 heavy (non-hydrogen) atoms. The van der Waals surface area contributed by atoms with Crippen LogP contribution in [0.5, 0.6) is 0 Å². The predicted molar refractivity (Wildman–Crippen MR) is 80.0 cm³/mol. The Balaban J connectivity index is 1.87. The molecule has 3 rings (SSSR count). The number of nitrogens with two attached hydrogens (primary N) is 1. The molecule has 2 heterocycles. The van der Waals surface area contributed by atoms with Crippen molar-refractivity contribution in [3.63, 3.8) is 0 Å². The molecule has 0 saturated carbocycles. The first-order valence-electron chi connectivity index (χ1n) is 6.72. The molecular formula is C14H19N3O2S. The Hall–Kier alpha value is -1.37. The zero-order valence-corrected chi connectivity index (χ0v) is 12.4. The van der Waals surface area contributed by atoms with Crippen LogP contribution in [-0.4, -0.2) is 58.0 Å². The Kier molecular flexibility index (Phi) is 3.32. The molecule has 108 valence electrons. The lowest BCUT2D eigenvalue weighted by Gasteiger charge is -2.32. The first-order valence-corrected chi connectivity index (χ1v) is 8.27. The van der Waals surface area contributed by atoms with Crippen molar-refractivity contribution in [1.29, 1.82) is 0 Å². The summed E-state index contributed by atoms with van der Waals surface area (Å²) < 4.78 is 24.2. The maximum Gasteiger partial charge on any atom is 0.200 e. The highest BCUT2D eigenvalue weighted by atomic mass is 32.2. The molecule has 0 unspecified atom stereocenters. The molecular weight excluding hydrogens is 274 g/mol. The summed E-state index contributed by atoms with van der Waals surface area (Å²) >= 11 is 0. The molecule has 1 fully saturated rings. The van der Waals surface area contributed by atoms with Crippen molar-refractivity contribution in [2.24, 2.45) is 0 Å². The van der Waals surface area contributed by atoms with Gasteiger partial charge in [-0.1, -0.05) is 0 Å². The van der Waals surface area contributed by atoms with E-state index < -0.39 is 9.84 Å². The minimum Gasteiger partial charge on any atom is -0.399 e. The number of nitrogens with zero attached hydrogens (tertiary/aromatic N) is 2. The molecule has 2 aliphatic rings. The topological polar surface area (TPSA) is 66.6 Å². The molecule has 0 aromatic heterocycles. The summed E-state index contributed by atoms with van der Waals surface area (Å²) in [5, 5.41) is 1.40. The third-order valence-corrected chi connectivity index (χ3v) is 5.51. The number of sulfone groups is 1. The van der Waals surface area contributed by atoms with Gasteiger partial charge in [0.05, 0.1) is 4.90 Å². The minimum absolute atomic E-state index is 0.385. The molecule has 1 saturated heterocycles. The fourth-order valence-corrected chi connectivity index (χ4v) is 4.19. The second kappa shape index (κ2) is 4.87. The van der Waals surface area contributed by atoms with E-state index >= 15 is 0 Å². The van der Waals surface area contributed by atoms with Gasteiger partial charge in [-0.25, -0.2) is 8.42 Å². The van der Waals surface area contributed by atoms with Crippen LogP contribution in [-0.2, 0) is 9.84 Å². The Bertz CT molecular complexity index is 659. The number of anilines is 1. The van der Waals surface area contributed by atoms with E-state index in [1.807, 2.05) is 0 Å². The number of fused-ring (bicyclic) bond motifs is 1. The van der Waals surface area contributed by atoms with Crippen molar-refractivity contribution >= 4 is 21.1 Å². The van der Waals surface area contributed by atoms with Crippen molar-refractivity contribution in [1.82, 2.24) is 9.80 Å². The summed E-state index contributed by atoms with van der Waals surface area (Å²) in [6.07, 6.45) is 0. The molecule has 5 nitrogen and oxygen atoms in total. The number of likely N-dealkylation sites (N-methyl/N-ethyl adjacent to an activating group) is 1. The van der Waals surface area contributed by atoms with Gasteiger partial charge < -0.3 is 10.6 Å². The average molecular weight is 293 g/mol. The second-order valence-corrected chi connectivity index (χ2v) is 7.29. The van der Waals surface area contributed by atoms with E-state index in [0.29, 0.717) is 17.1 Å². The summed E-state index contributed by atoms with van der Waals surface area (Å²) in [5.74, 6) is 0. The van der Waals surface area contributed by atoms with Gasteiger partial charge in [0.1, 0.15) is 0 Å². The maximum absolute atomic E-state index is 12.1. The van der Waals surface area contributed by atoms with Crippen LogP contribution in [0, 0.1) is 0 Å². The van der Waals surface area contributed by atoms with Crippen LogP contribution in [0.3, 0.4) is 0 Å². The summed E-state index contributed by atoms with van der Waals surface area (Å²) in [4.78, 5) is 4.96. The van der Waals surface area contributed by atoms with Gasteiger partial charge in [-0.3, -0.25) is 4.90 Å². The van der Waals surface area contributed by atoms with Crippen molar-refractivity contribution in [3.8, 4) is 0 Å². The third-order valence-electron chi connectivity index (χ3n) is 3.94. The van der Waals surface area contributed by atoms with Gasteiger partial charge in [-0.2, -0.15) is 0 Å². The first kappa shape index (κ1) is 13.6. The molecule has 0 atom stereocenters. The quantitative estimate of drug-likeness (QED) is 0.811. The van der Waals surface area contributed by atoms with Gasteiger partial charge in [0.25, 0.3) is 0 Å². The normalized spacial score (nSPS) is 22.6. The lowest BCUT2D eigenvalue weighted by Crippen LogP contribution is -2.44. The Morgan fingerprint density at radius 2 is 1.90 bits per heavy atom. The largest absolute Gasteiger partial charge is 0.399 e. The lowest BCUT2D eigenvalue weighted by molar-refractivity contribution is 0.168. The number of nitrogen functional groups attached to an aromatic ring is 1. The standard InChI is InChI=1S/C14H19N3O2S/c1-16-4-6-17(7-5-16)9-11-10-20(18,19)14-3-2-12(15)8-13(11)14/h2-3,8,10H,4-7,9,15H2,1H3. The molecule has 0 bridgehead atoms. The van der Waals surface area contributed by atoms with E-state index in [4.69, 9.17) is 5.73 Å². The van der Waals surface area contributed by atoms with Gasteiger partial charge >= 0.3 is 0 Å². The molecule has 1 aromatic carbocycles.